The van der Waals surface area contributed by atoms with Crippen LogP contribution in [0.5, 0.6) is 11.5 Å². The highest BCUT2D eigenvalue weighted by Crippen LogP contribution is 2.31. The highest BCUT2D eigenvalue weighted by molar-refractivity contribution is 9.10. The van der Waals surface area contributed by atoms with Gasteiger partial charge in [0.15, 0.2) is 0 Å². The van der Waals surface area contributed by atoms with Crippen LogP contribution in [0.25, 0.3) is 0 Å². The van der Waals surface area contributed by atoms with Crippen LogP contribution < -0.4 is 19.7 Å². The van der Waals surface area contributed by atoms with Gasteiger partial charge in [-0.3, -0.25) is 10.1 Å². The molecule has 0 radical (unpaired) electrons. The first-order chi connectivity index (χ1) is 13.0. The molecule has 9 heteroatoms. The van der Waals surface area contributed by atoms with Crippen molar-refractivity contribution in [2.24, 2.45) is 0 Å². The highest BCUT2D eigenvalue weighted by Gasteiger charge is 2.23. The van der Waals surface area contributed by atoms with E-state index in [1.54, 1.807) is 14.2 Å². The van der Waals surface area contributed by atoms with Gasteiger partial charge >= 0.3 is 0 Å². The summed E-state index contributed by atoms with van der Waals surface area (Å²) >= 11 is 3.40. The molecular weight excluding hydrogens is 416 g/mol. The molecular formula is C18H21BrN4O4. The van der Waals surface area contributed by atoms with Crippen molar-refractivity contribution >= 4 is 33.1 Å². The molecule has 0 amide bonds. The zero-order valence-corrected chi connectivity index (χ0v) is 16.7. The number of nitro groups is 1. The Balaban J connectivity index is 1.63. The summed E-state index contributed by atoms with van der Waals surface area (Å²) in [7, 11) is 3.26. The molecule has 2 heterocycles. The first-order valence-electron chi connectivity index (χ1n) is 8.54. The number of anilines is 2. The molecule has 0 saturated carbocycles. The van der Waals surface area contributed by atoms with Gasteiger partial charge in [0.05, 0.1) is 23.6 Å². The second-order valence-electron chi connectivity index (χ2n) is 6.26. The van der Waals surface area contributed by atoms with Crippen molar-refractivity contribution in [2.75, 3.05) is 37.5 Å². The number of halogens is 1. The minimum absolute atomic E-state index is 0.0193. The summed E-state index contributed by atoms with van der Waals surface area (Å²) in [5, 5.41) is 14.4. The van der Waals surface area contributed by atoms with Crippen LogP contribution in [0, 0.1) is 10.1 Å². The zero-order chi connectivity index (χ0) is 19.4. The Kier molecular flexibility index (Phi) is 6.00. The number of nitrogens with one attached hydrogen (secondary N) is 1. The fourth-order valence-electron chi connectivity index (χ4n) is 3.12. The lowest BCUT2D eigenvalue weighted by Crippen LogP contribution is -2.39. The predicted octanol–water partition coefficient (Wildman–Crippen LogP) is 3.85. The molecule has 144 valence electrons. The van der Waals surface area contributed by atoms with Gasteiger partial charge in [0, 0.05) is 49.1 Å². The van der Waals surface area contributed by atoms with Crippen molar-refractivity contribution in [3.63, 3.8) is 0 Å². The van der Waals surface area contributed by atoms with Crippen LogP contribution in [0.3, 0.4) is 0 Å². The first-order valence-corrected chi connectivity index (χ1v) is 9.34. The number of benzene rings is 1. The van der Waals surface area contributed by atoms with E-state index >= 15 is 0 Å². The Morgan fingerprint density at radius 3 is 2.33 bits per heavy atom. The maximum Gasteiger partial charge on any atom is 0.288 e. The molecule has 1 fully saturated rings. The van der Waals surface area contributed by atoms with E-state index < -0.39 is 4.92 Å². The third kappa shape index (κ3) is 4.60. The maximum absolute atomic E-state index is 10.9. The van der Waals surface area contributed by atoms with E-state index in [1.165, 1.54) is 12.3 Å². The van der Waals surface area contributed by atoms with E-state index in [-0.39, 0.29) is 5.69 Å². The van der Waals surface area contributed by atoms with E-state index in [1.807, 2.05) is 18.2 Å². The van der Waals surface area contributed by atoms with Gasteiger partial charge in [0.2, 0.25) is 0 Å². The second kappa shape index (κ2) is 8.43. The van der Waals surface area contributed by atoms with E-state index in [0.717, 1.165) is 48.9 Å². The summed E-state index contributed by atoms with van der Waals surface area (Å²) in [6.07, 6.45) is 3.14. The van der Waals surface area contributed by atoms with Crippen LogP contribution >= 0.6 is 15.9 Å². The van der Waals surface area contributed by atoms with Crippen molar-refractivity contribution in [3.8, 4) is 11.5 Å². The van der Waals surface area contributed by atoms with Gasteiger partial charge in [-0.25, -0.2) is 4.98 Å². The van der Waals surface area contributed by atoms with Gasteiger partial charge < -0.3 is 19.7 Å². The number of hydrogen-bond acceptors (Lipinski definition) is 7. The van der Waals surface area contributed by atoms with Gasteiger partial charge in [-0.15, -0.1) is 0 Å². The van der Waals surface area contributed by atoms with Crippen molar-refractivity contribution < 1.29 is 14.4 Å². The van der Waals surface area contributed by atoms with E-state index in [2.05, 4.69) is 31.1 Å². The lowest BCUT2D eigenvalue weighted by Gasteiger charge is -2.34. The molecule has 1 aromatic heterocycles. The molecule has 3 rings (SSSR count). The van der Waals surface area contributed by atoms with Gasteiger partial charge in [-0.1, -0.05) is 0 Å². The molecule has 0 atom stereocenters. The summed E-state index contributed by atoms with van der Waals surface area (Å²) in [5.74, 6) is 2.23. The van der Waals surface area contributed by atoms with Crippen LogP contribution in [-0.4, -0.2) is 43.3 Å². The standard InChI is InChI=1S/C18H21BrN4O4/c1-26-15-7-13(8-16(10-15)27-2)21-12-3-5-22(6-4-12)18-17(19)9-14(11-20-18)23(24)25/h7-12,21H,3-6H2,1-2H3. The van der Waals surface area contributed by atoms with Gasteiger partial charge in [-0.2, -0.15) is 0 Å². The first kappa shape index (κ1) is 19.2. The number of rotatable bonds is 6. The molecule has 27 heavy (non-hydrogen) atoms. The van der Waals surface area contributed by atoms with Crippen LogP contribution in [0.15, 0.2) is 34.9 Å². The van der Waals surface area contributed by atoms with Gasteiger partial charge in [0.25, 0.3) is 5.69 Å². The molecule has 0 unspecified atom stereocenters. The fraction of sp³-hybridized carbons (Fsp3) is 0.389. The number of methoxy groups -OCH3 is 2. The molecule has 1 saturated heterocycles. The largest absolute Gasteiger partial charge is 0.497 e. The van der Waals surface area contributed by atoms with Gasteiger partial charge in [-0.05, 0) is 28.8 Å². The molecule has 8 nitrogen and oxygen atoms in total. The Hall–Kier alpha value is -2.55. The van der Waals surface area contributed by atoms with Crippen LogP contribution in [-0.2, 0) is 0 Å². The number of piperidine rings is 1. The van der Waals surface area contributed by atoms with Crippen molar-refractivity contribution in [1.29, 1.82) is 0 Å². The summed E-state index contributed by atoms with van der Waals surface area (Å²) in [5.41, 5.74) is 0.938. The number of aromatic nitrogens is 1. The SMILES string of the molecule is COc1cc(NC2CCN(c3ncc([N+](=O)[O-])cc3Br)CC2)cc(OC)c1. The zero-order valence-electron chi connectivity index (χ0n) is 15.1. The minimum Gasteiger partial charge on any atom is -0.497 e. The quantitative estimate of drug-likeness (QED) is 0.542. The number of ether oxygens (including phenoxy) is 2. The van der Waals surface area contributed by atoms with E-state index in [4.69, 9.17) is 9.47 Å². The average molecular weight is 437 g/mol. The monoisotopic (exact) mass is 436 g/mol. The molecule has 1 aliphatic heterocycles. The highest BCUT2D eigenvalue weighted by atomic mass is 79.9. The van der Waals surface area contributed by atoms with E-state index in [0.29, 0.717) is 10.5 Å². The van der Waals surface area contributed by atoms with Crippen molar-refractivity contribution in [2.45, 2.75) is 18.9 Å². The predicted molar refractivity (Wildman–Crippen MR) is 107 cm³/mol. The summed E-state index contributed by atoms with van der Waals surface area (Å²) < 4.78 is 11.3. The number of pyridine rings is 1. The van der Waals surface area contributed by atoms with Crippen LogP contribution in [0.2, 0.25) is 0 Å². The lowest BCUT2D eigenvalue weighted by atomic mass is 10.0. The van der Waals surface area contributed by atoms with Gasteiger partial charge in [0.1, 0.15) is 23.5 Å². The van der Waals surface area contributed by atoms with Crippen LogP contribution in [0.1, 0.15) is 12.8 Å². The molecule has 1 aromatic carbocycles. The van der Waals surface area contributed by atoms with E-state index in [9.17, 15) is 10.1 Å². The number of hydrogen-bond donors (Lipinski definition) is 1. The molecule has 0 spiro atoms. The molecule has 1 aliphatic rings. The van der Waals surface area contributed by atoms with Crippen LogP contribution in [0.4, 0.5) is 17.2 Å². The summed E-state index contributed by atoms with van der Waals surface area (Å²) in [6.45, 7) is 1.62. The molecule has 1 N–H and O–H groups in total. The molecule has 2 aromatic rings. The smallest absolute Gasteiger partial charge is 0.288 e. The molecule has 0 bridgehead atoms. The Labute approximate surface area is 165 Å². The second-order valence-corrected chi connectivity index (χ2v) is 7.12. The molecule has 0 aliphatic carbocycles. The van der Waals surface area contributed by atoms with Crippen molar-refractivity contribution in [1.82, 2.24) is 4.98 Å². The summed E-state index contributed by atoms with van der Waals surface area (Å²) in [4.78, 5) is 16.8. The maximum atomic E-state index is 10.9. The summed E-state index contributed by atoms with van der Waals surface area (Å²) in [6, 6.07) is 7.54. The minimum atomic E-state index is -0.444. The van der Waals surface area contributed by atoms with Crippen molar-refractivity contribution in [3.05, 3.63) is 45.0 Å². The lowest BCUT2D eigenvalue weighted by molar-refractivity contribution is -0.385. The Morgan fingerprint density at radius 1 is 1.19 bits per heavy atom. The fourth-order valence-corrected chi connectivity index (χ4v) is 3.70. The topological polar surface area (TPSA) is 89.8 Å². The number of nitrogens with zero attached hydrogens (tertiary/aromatic N) is 3. The third-order valence-electron chi connectivity index (χ3n) is 4.53. The Bertz CT molecular complexity index is 803. The third-order valence-corrected chi connectivity index (χ3v) is 5.12. The normalized spacial score (nSPS) is 14.7. The Morgan fingerprint density at radius 2 is 1.81 bits per heavy atom. The average Bonchev–Trinajstić information content (AvgIpc) is 2.68.